The van der Waals surface area contributed by atoms with Gasteiger partial charge in [0.2, 0.25) is 0 Å². The molecule has 1 aromatic rings. The van der Waals surface area contributed by atoms with Crippen molar-refractivity contribution in [2.75, 3.05) is 47.8 Å². The molecule has 1 N–H and O–H groups in total. The molecule has 20 heavy (non-hydrogen) atoms. The first-order valence-corrected chi connectivity index (χ1v) is 7.51. The minimum Gasteiger partial charge on any atom is -0.312 e. The Morgan fingerprint density at radius 2 is 1.60 bits per heavy atom. The number of aryl methyl sites for hydroxylation is 2. The van der Waals surface area contributed by atoms with Crippen LogP contribution in [0.2, 0.25) is 0 Å². The Morgan fingerprint density at radius 3 is 2.10 bits per heavy atom. The highest BCUT2D eigenvalue weighted by molar-refractivity contribution is 5.30. The second kappa shape index (κ2) is 8.40. The van der Waals surface area contributed by atoms with Crippen molar-refractivity contribution >= 4 is 0 Å². The summed E-state index contributed by atoms with van der Waals surface area (Å²) in [4.78, 5) is 4.66. The SMILES string of the molecule is CNC(CN(C)CCCN(C)C)c1cc(C)cc(C)c1. The lowest BCUT2D eigenvalue weighted by molar-refractivity contribution is 0.275. The van der Waals surface area contributed by atoms with Gasteiger partial charge in [-0.1, -0.05) is 29.3 Å². The fourth-order valence-electron chi connectivity index (χ4n) is 2.63. The summed E-state index contributed by atoms with van der Waals surface area (Å²) in [5, 5.41) is 3.45. The average molecular weight is 277 g/mol. The van der Waals surface area contributed by atoms with Crippen LogP contribution >= 0.6 is 0 Å². The second-order valence-corrected chi connectivity index (χ2v) is 6.18. The zero-order valence-electron chi connectivity index (χ0n) is 14.0. The molecule has 1 atom stereocenters. The monoisotopic (exact) mass is 277 g/mol. The number of hydrogen-bond donors (Lipinski definition) is 1. The van der Waals surface area contributed by atoms with Gasteiger partial charge in [-0.2, -0.15) is 0 Å². The van der Waals surface area contributed by atoms with Crippen LogP contribution in [0.1, 0.15) is 29.2 Å². The third kappa shape index (κ3) is 6.04. The quantitative estimate of drug-likeness (QED) is 0.787. The number of rotatable bonds is 8. The zero-order valence-corrected chi connectivity index (χ0v) is 14.0. The third-order valence-corrected chi connectivity index (χ3v) is 3.63. The largest absolute Gasteiger partial charge is 0.312 e. The molecule has 0 aliphatic rings. The van der Waals surface area contributed by atoms with Crippen molar-refractivity contribution in [2.45, 2.75) is 26.3 Å². The van der Waals surface area contributed by atoms with Crippen molar-refractivity contribution in [1.29, 1.82) is 0 Å². The molecule has 0 fully saturated rings. The van der Waals surface area contributed by atoms with Gasteiger partial charge in [0, 0.05) is 12.6 Å². The average Bonchev–Trinajstić information content (AvgIpc) is 2.34. The Morgan fingerprint density at radius 1 is 1.00 bits per heavy atom. The molecule has 1 aromatic carbocycles. The molecule has 0 aliphatic heterocycles. The van der Waals surface area contributed by atoms with Gasteiger partial charge in [0.15, 0.2) is 0 Å². The normalized spacial score (nSPS) is 13.2. The number of nitrogens with zero attached hydrogens (tertiary/aromatic N) is 2. The van der Waals surface area contributed by atoms with Gasteiger partial charge in [0.1, 0.15) is 0 Å². The van der Waals surface area contributed by atoms with Crippen LogP contribution in [0.4, 0.5) is 0 Å². The molecule has 114 valence electrons. The highest BCUT2D eigenvalue weighted by atomic mass is 15.1. The van der Waals surface area contributed by atoms with Gasteiger partial charge in [0.25, 0.3) is 0 Å². The lowest BCUT2D eigenvalue weighted by Gasteiger charge is -2.25. The van der Waals surface area contributed by atoms with Crippen molar-refractivity contribution in [1.82, 2.24) is 15.1 Å². The molecule has 0 amide bonds. The minimum absolute atomic E-state index is 0.401. The van der Waals surface area contributed by atoms with Crippen LogP contribution in [-0.4, -0.2) is 57.6 Å². The molecule has 3 nitrogen and oxygen atoms in total. The second-order valence-electron chi connectivity index (χ2n) is 6.18. The van der Waals surface area contributed by atoms with Crippen LogP contribution in [-0.2, 0) is 0 Å². The highest BCUT2D eigenvalue weighted by Gasteiger charge is 2.12. The maximum atomic E-state index is 3.45. The van der Waals surface area contributed by atoms with E-state index in [4.69, 9.17) is 0 Å². The molecule has 1 rings (SSSR count). The maximum absolute atomic E-state index is 3.45. The van der Waals surface area contributed by atoms with E-state index in [2.05, 4.69) is 75.4 Å². The minimum atomic E-state index is 0.401. The first-order valence-electron chi connectivity index (χ1n) is 7.51. The lowest BCUT2D eigenvalue weighted by atomic mass is 10.0. The highest BCUT2D eigenvalue weighted by Crippen LogP contribution is 2.17. The maximum Gasteiger partial charge on any atom is 0.0446 e. The third-order valence-electron chi connectivity index (χ3n) is 3.63. The Kier molecular flexibility index (Phi) is 7.20. The van der Waals surface area contributed by atoms with Gasteiger partial charge >= 0.3 is 0 Å². The van der Waals surface area contributed by atoms with Crippen molar-refractivity contribution in [3.05, 3.63) is 34.9 Å². The fraction of sp³-hybridized carbons (Fsp3) is 0.647. The van der Waals surface area contributed by atoms with Crippen LogP contribution < -0.4 is 5.32 Å². The first kappa shape index (κ1) is 17.2. The van der Waals surface area contributed by atoms with E-state index >= 15 is 0 Å². The standard InChI is InChI=1S/C17H31N3/c1-14-10-15(2)12-16(11-14)17(18-3)13-20(6)9-7-8-19(4)5/h10-12,17-18H,7-9,13H2,1-6H3. The molecule has 0 spiro atoms. The van der Waals surface area contributed by atoms with Gasteiger partial charge in [-0.25, -0.2) is 0 Å². The van der Waals surface area contributed by atoms with Crippen LogP contribution in [0.25, 0.3) is 0 Å². The summed E-state index contributed by atoms with van der Waals surface area (Å²) in [7, 11) is 8.52. The van der Waals surface area contributed by atoms with Crippen molar-refractivity contribution < 1.29 is 0 Å². The van der Waals surface area contributed by atoms with Crippen LogP contribution in [0.3, 0.4) is 0 Å². The Balaban J connectivity index is 2.57. The molecule has 0 saturated heterocycles. The van der Waals surface area contributed by atoms with Gasteiger partial charge < -0.3 is 15.1 Å². The molecule has 0 bridgehead atoms. The molecule has 0 saturated carbocycles. The van der Waals surface area contributed by atoms with Gasteiger partial charge in [-0.3, -0.25) is 0 Å². The van der Waals surface area contributed by atoms with E-state index in [-0.39, 0.29) is 0 Å². The van der Waals surface area contributed by atoms with E-state index in [1.54, 1.807) is 0 Å². The molecule has 0 heterocycles. The summed E-state index contributed by atoms with van der Waals surface area (Å²) < 4.78 is 0. The topological polar surface area (TPSA) is 18.5 Å². The van der Waals surface area contributed by atoms with Crippen molar-refractivity contribution in [3.8, 4) is 0 Å². The number of hydrogen-bond acceptors (Lipinski definition) is 3. The molecule has 3 heteroatoms. The first-order chi connectivity index (χ1) is 9.42. The fourth-order valence-corrected chi connectivity index (χ4v) is 2.63. The van der Waals surface area contributed by atoms with E-state index in [9.17, 15) is 0 Å². The number of nitrogens with one attached hydrogen (secondary N) is 1. The predicted octanol–water partition coefficient (Wildman–Crippen LogP) is 2.45. The zero-order chi connectivity index (χ0) is 15.1. The van der Waals surface area contributed by atoms with Crippen molar-refractivity contribution in [2.24, 2.45) is 0 Å². The molecule has 0 radical (unpaired) electrons. The van der Waals surface area contributed by atoms with E-state index in [0.717, 1.165) is 19.6 Å². The number of benzene rings is 1. The van der Waals surface area contributed by atoms with Crippen LogP contribution in [0.15, 0.2) is 18.2 Å². The Hall–Kier alpha value is -0.900. The predicted molar refractivity (Wildman–Crippen MR) is 88.4 cm³/mol. The molecule has 0 aliphatic carbocycles. The summed E-state index contributed by atoms with van der Waals surface area (Å²) in [6.45, 7) is 7.68. The van der Waals surface area contributed by atoms with Gasteiger partial charge in [0.05, 0.1) is 0 Å². The van der Waals surface area contributed by atoms with Gasteiger partial charge in [-0.05, 0) is 67.1 Å². The molecular weight excluding hydrogens is 246 g/mol. The lowest BCUT2D eigenvalue weighted by Crippen LogP contribution is -2.33. The molecule has 0 aromatic heterocycles. The smallest absolute Gasteiger partial charge is 0.0446 e. The Labute approximate surface area is 125 Å². The molecule has 1 unspecified atom stereocenters. The Bertz CT molecular complexity index is 381. The van der Waals surface area contributed by atoms with Crippen LogP contribution in [0.5, 0.6) is 0 Å². The number of likely N-dealkylation sites (N-methyl/N-ethyl adjacent to an activating group) is 2. The van der Waals surface area contributed by atoms with Crippen molar-refractivity contribution in [3.63, 3.8) is 0 Å². The summed E-state index contributed by atoms with van der Waals surface area (Å²) >= 11 is 0. The van der Waals surface area contributed by atoms with E-state index in [1.807, 2.05) is 0 Å². The molecular formula is C17H31N3. The van der Waals surface area contributed by atoms with E-state index in [1.165, 1.54) is 23.1 Å². The summed E-state index contributed by atoms with van der Waals surface area (Å²) in [5.74, 6) is 0. The summed E-state index contributed by atoms with van der Waals surface area (Å²) in [5.41, 5.74) is 4.08. The van der Waals surface area contributed by atoms with E-state index in [0.29, 0.717) is 6.04 Å². The summed E-state index contributed by atoms with van der Waals surface area (Å²) in [6.07, 6.45) is 1.22. The van der Waals surface area contributed by atoms with E-state index < -0.39 is 0 Å². The van der Waals surface area contributed by atoms with Crippen LogP contribution in [0, 0.1) is 13.8 Å². The van der Waals surface area contributed by atoms with Gasteiger partial charge in [-0.15, -0.1) is 0 Å². The summed E-state index contributed by atoms with van der Waals surface area (Å²) in [6, 6.07) is 7.22.